The monoisotopic (exact) mass is 160 g/mol. The van der Waals surface area contributed by atoms with Crippen LogP contribution in [0.4, 0.5) is 0 Å². The molecule has 0 radical (unpaired) electrons. The van der Waals surface area contributed by atoms with Gasteiger partial charge in [-0.3, -0.25) is 0 Å². The summed E-state index contributed by atoms with van der Waals surface area (Å²) in [5.41, 5.74) is 2.70. The van der Waals surface area contributed by atoms with Gasteiger partial charge in [0.2, 0.25) is 0 Å². The highest BCUT2D eigenvalue weighted by molar-refractivity contribution is 5.28. The normalized spacial score (nSPS) is 16.2. The van der Waals surface area contributed by atoms with E-state index in [-0.39, 0.29) is 0 Å². The number of aryl methyl sites for hydroxylation is 1. The molecule has 1 aliphatic heterocycles. The number of rotatable bonds is 0. The van der Waals surface area contributed by atoms with Crippen molar-refractivity contribution in [2.45, 2.75) is 19.4 Å². The predicted molar refractivity (Wildman–Crippen MR) is 48.7 cm³/mol. The summed E-state index contributed by atoms with van der Waals surface area (Å²) in [6.45, 7) is 4.52. The van der Waals surface area contributed by atoms with E-state index < -0.39 is 0 Å². The first-order chi connectivity index (χ1) is 5.86. The molecule has 0 bridgehead atoms. The molecule has 62 valence electrons. The smallest absolute Gasteiger partial charge is 0.113 e. The van der Waals surface area contributed by atoms with Gasteiger partial charge in [-0.1, -0.05) is 30.8 Å². The SMILES string of the molecule is C=C1CCc2ccccc2CO1. The summed E-state index contributed by atoms with van der Waals surface area (Å²) in [5.74, 6) is 0.909. The minimum absolute atomic E-state index is 0.689. The molecule has 0 N–H and O–H groups in total. The van der Waals surface area contributed by atoms with E-state index in [4.69, 9.17) is 4.74 Å². The molecule has 1 aliphatic rings. The maximum absolute atomic E-state index is 5.43. The van der Waals surface area contributed by atoms with Gasteiger partial charge in [0.25, 0.3) is 0 Å². The molecule has 0 atom stereocenters. The number of hydrogen-bond acceptors (Lipinski definition) is 1. The van der Waals surface area contributed by atoms with E-state index in [1.807, 2.05) is 0 Å². The lowest BCUT2D eigenvalue weighted by Crippen LogP contribution is -1.89. The lowest BCUT2D eigenvalue weighted by molar-refractivity contribution is 0.197. The van der Waals surface area contributed by atoms with E-state index in [2.05, 4.69) is 30.8 Å². The summed E-state index contributed by atoms with van der Waals surface area (Å²) in [6, 6.07) is 8.41. The van der Waals surface area contributed by atoms with Crippen LogP contribution in [-0.4, -0.2) is 0 Å². The zero-order chi connectivity index (χ0) is 8.39. The summed E-state index contributed by atoms with van der Waals surface area (Å²) in [5, 5.41) is 0. The predicted octanol–water partition coefficient (Wildman–Crippen LogP) is 2.66. The Labute approximate surface area is 72.7 Å². The van der Waals surface area contributed by atoms with Gasteiger partial charge in [-0.05, 0) is 17.5 Å². The summed E-state index contributed by atoms with van der Waals surface area (Å²) < 4.78 is 5.43. The van der Waals surface area contributed by atoms with Crippen LogP contribution < -0.4 is 0 Å². The summed E-state index contributed by atoms with van der Waals surface area (Å²) in [6.07, 6.45) is 2.02. The second-order valence-corrected chi connectivity index (χ2v) is 3.10. The second kappa shape index (κ2) is 3.02. The van der Waals surface area contributed by atoms with Gasteiger partial charge >= 0.3 is 0 Å². The molecular weight excluding hydrogens is 148 g/mol. The Morgan fingerprint density at radius 1 is 1.08 bits per heavy atom. The van der Waals surface area contributed by atoms with Crippen molar-refractivity contribution in [3.05, 3.63) is 47.7 Å². The zero-order valence-electron chi connectivity index (χ0n) is 7.05. The molecule has 12 heavy (non-hydrogen) atoms. The van der Waals surface area contributed by atoms with Crippen molar-refractivity contribution in [3.63, 3.8) is 0 Å². The van der Waals surface area contributed by atoms with Gasteiger partial charge in [-0.25, -0.2) is 0 Å². The maximum atomic E-state index is 5.43. The van der Waals surface area contributed by atoms with Crippen LogP contribution >= 0.6 is 0 Å². The second-order valence-electron chi connectivity index (χ2n) is 3.10. The van der Waals surface area contributed by atoms with E-state index in [9.17, 15) is 0 Å². The van der Waals surface area contributed by atoms with Crippen LogP contribution in [0.3, 0.4) is 0 Å². The highest BCUT2D eigenvalue weighted by Gasteiger charge is 2.08. The van der Waals surface area contributed by atoms with E-state index in [1.165, 1.54) is 11.1 Å². The third kappa shape index (κ3) is 1.35. The minimum atomic E-state index is 0.689. The Morgan fingerprint density at radius 2 is 1.83 bits per heavy atom. The van der Waals surface area contributed by atoms with Crippen molar-refractivity contribution in [1.82, 2.24) is 0 Å². The Morgan fingerprint density at radius 3 is 2.67 bits per heavy atom. The average molecular weight is 160 g/mol. The fourth-order valence-electron chi connectivity index (χ4n) is 1.47. The van der Waals surface area contributed by atoms with Crippen LogP contribution in [0.15, 0.2) is 36.6 Å². The van der Waals surface area contributed by atoms with E-state index >= 15 is 0 Å². The molecule has 0 saturated heterocycles. The fraction of sp³-hybridized carbons (Fsp3) is 0.273. The molecule has 0 saturated carbocycles. The Bertz CT molecular complexity index is 273. The van der Waals surface area contributed by atoms with Gasteiger partial charge in [-0.2, -0.15) is 0 Å². The molecule has 0 fully saturated rings. The average Bonchev–Trinajstić information content (AvgIpc) is 2.29. The summed E-state index contributed by atoms with van der Waals surface area (Å²) >= 11 is 0. The van der Waals surface area contributed by atoms with Crippen molar-refractivity contribution in [3.8, 4) is 0 Å². The standard InChI is InChI=1S/C11H12O/c1-9-6-7-10-4-2-3-5-11(10)8-12-9/h2-5H,1,6-8H2. The van der Waals surface area contributed by atoms with Crippen LogP contribution in [-0.2, 0) is 17.8 Å². The quantitative estimate of drug-likeness (QED) is 0.567. The van der Waals surface area contributed by atoms with Crippen LogP contribution in [0.25, 0.3) is 0 Å². The Balaban J connectivity index is 2.32. The van der Waals surface area contributed by atoms with Crippen LogP contribution in [0.5, 0.6) is 0 Å². The molecule has 0 amide bonds. The van der Waals surface area contributed by atoms with E-state index in [0.717, 1.165) is 18.6 Å². The number of hydrogen-bond donors (Lipinski definition) is 0. The van der Waals surface area contributed by atoms with Crippen molar-refractivity contribution in [2.75, 3.05) is 0 Å². The molecule has 1 aromatic carbocycles. The molecule has 1 nitrogen and oxygen atoms in total. The number of fused-ring (bicyclic) bond motifs is 1. The van der Waals surface area contributed by atoms with Crippen molar-refractivity contribution < 1.29 is 4.74 Å². The molecule has 1 aromatic rings. The van der Waals surface area contributed by atoms with Crippen molar-refractivity contribution >= 4 is 0 Å². The molecule has 1 heteroatoms. The third-order valence-electron chi connectivity index (χ3n) is 2.22. The fourth-order valence-corrected chi connectivity index (χ4v) is 1.47. The van der Waals surface area contributed by atoms with Gasteiger partial charge in [-0.15, -0.1) is 0 Å². The molecular formula is C11H12O. The Hall–Kier alpha value is -1.24. The van der Waals surface area contributed by atoms with Crippen LogP contribution in [0, 0.1) is 0 Å². The molecule has 1 heterocycles. The first kappa shape index (κ1) is 7.41. The van der Waals surface area contributed by atoms with E-state index in [0.29, 0.717) is 6.61 Å². The van der Waals surface area contributed by atoms with E-state index in [1.54, 1.807) is 0 Å². The Kier molecular flexibility index (Phi) is 1.86. The summed E-state index contributed by atoms with van der Waals surface area (Å²) in [4.78, 5) is 0. The van der Waals surface area contributed by atoms with Gasteiger partial charge in [0.1, 0.15) is 6.61 Å². The topological polar surface area (TPSA) is 9.23 Å². The van der Waals surface area contributed by atoms with Gasteiger partial charge in [0.05, 0.1) is 5.76 Å². The molecule has 0 aromatic heterocycles. The first-order valence-corrected chi connectivity index (χ1v) is 4.23. The van der Waals surface area contributed by atoms with Crippen molar-refractivity contribution in [2.24, 2.45) is 0 Å². The minimum Gasteiger partial charge on any atom is -0.494 e. The molecule has 0 aliphatic carbocycles. The van der Waals surface area contributed by atoms with Crippen LogP contribution in [0.2, 0.25) is 0 Å². The van der Waals surface area contributed by atoms with Gasteiger partial charge in [0.15, 0.2) is 0 Å². The molecule has 0 unspecified atom stereocenters. The number of benzene rings is 1. The third-order valence-corrected chi connectivity index (χ3v) is 2.22. The molecule has 0 spiro atoms. The molecule has 2 rings (SSSR count). The lowest BCUT2D eigenvalue weighted by atomic mass is 10.0. The van der Waals surface area contributed by atoms with Crippen molar-refractivity contribution in [1.29, 1.82) is 0 Å². The van der Waals surface area contributed by atoms with Gasteiger partial charge < -0.3 is 4.74 Å². The van der Waals surface area contributed by atoms with Crippen LogP contribution in [0.1, 0.15) is 17.5 Å². The number of allylic oxidation sites excluding steroid dienone is 1. The highest BCUT2D eigenvalue weighted by Crippen LogP contribution is 2.20. The highest BCUT2D eigenvalue weighted by atomic mass is 16.5. The largest absolute Gasteiger partial charge is 0.494 e. The maximum Gasteiger partial charge on any atom is 0.113 e. The summed E-state index contributed by atoms with van der Waals surface area (Å²) in [7, 11) is 0. The zero-order valence-corrected chi connectivity index (χ0v) is 7.05. The number of ether oxygens (including phenoxy) is 1. The lowest BCUT2D eigenvalue weighted by Gasteiger charge is -2.03. The van der Waals surface area contributed by atoms with Gasteiger partial charge in [0, 0.05) is 6.42 Å². The first-order valence-electron chi connectivity index (χ1n) is 4.23.